The summed E-state index contributed by atoms with van der Waals surface area (Å²) in [5.41, 5.74) is 3.91. The van der Waals surface area contributed by atoms with E-state index < -0.39 is 0 Å². The van der Waals surface area contributed by atoms with Gasteiger partial charge in [0, 0.05) is 36.2 Å². The van der Waals surface area contributed by atoms with Gasteiger partial charge in [0.15, 0.2) is 0 Å². The number of esters is 1. The lowest BCUT2D eigenvalue weighted by atomic mass is 9.85. The summed E-state index contributed by atoms with van der Waals surface area (Å²) in [5.74, 6) is 4.75. The first kappa shape index (κ1) is 33.0. The van der Waals surface area contributed by atoms with E-state index >= 15 is 0 Å². The number of halogens is 1. The third kappa shape index (κ3) is 10.1. The number of terminal acetylenes is 1. The smallest absolute Gasteiger partial charge is 0.303 e. The van der Waals surface area contributed by atoms with Crippen LogP contribution in [-0.4, -0.2) is 30.6 Å². The molecule has 0 N–H and O–H groups in total. The lowest BCUT2D eigenvalue weighted by Gasteiger charge is -2.36. The number of aliphatic imine (C=N–C) groups is 1. The minimum Gasteiger partial charge on any atom is -0.490 e. The van der Waals surface area contributed by atoms with Crippen LogP contribution in [0.25, 0.3) is 0 Å². The topological polar surface area (TPSA) is 51.1 Å². The summed E-state index contributed by atoms with van der Waals surface area (Å²) < 4.78 is 11.0. The SMILES string of the molecule is C#Cc1cccc(OC2CCC(C(=NC)N(C(=C)CC)c3ccc(Cl)cc3CC)CC2)c1.CC(=O)OC(C)(C)C. The number of carbonyl (C=O) groups excluding carboxylic acids is 1. The highest BCUT2D eigenvalue weighted by molar-refractivity contribution is 6.30. The van der Waals surface area contributed by atoms with E-state index in [1.807, 2.05) is 58.2 Å². The summed E-state index contributed by atoms with van der Waals surface area (Å²) in [5, 5.41) is 0.759. The summed E-state index contributed by atoms with van der Waals surface area (Å²) in [6, 6.07) is 13.9. The van der Waals surface area contributed by atoms with Crippen molar-refractivity contribution in [2.75, 3.05) is 11.9 Å². The molecule has 1 saturated carbocycles. The first-order valence-corrected chi connectivity index (χ1v) is 14.5. The molecule has 216 valence electrons. The van der Waals surface area contributed by atoms with Crippen molar-refractivity contribution in [1.29, 1.82) is 0 Å². The minimum atomic E-state index is -0.328. The van der Waals surface area contributed by atoms with E-state index in [1.54, 1.807) is 0 Å². The molecular formula is C34H45ClN2O3. The first-order valence-electron chi connectivity index (χ1n) is 14.1. The maximum absolute atomic E-state index is 10.2. The Balaban J connectivity index is 0.000000611. The van der Waals surface area contributed by atoms with Gasteiger partial charge in [0.2, 0.25) is 0 Å². The molecular weight excluding hydrogens is 520 g/mol. The molecule has 6 heteroatoms. The van der Waals surface area contributed by atoms with Gasteiger partial charge in [0.05, 0.1) is 11.8 Å². The van der Waals surface area contributed by atoms with Gasteiger partial charge in [0.25, 0.3) is 0 Å². The fourth-order valence-electron chi connectivity index (χ4n) is 4.86. The Bertz CT molecular complexity index is 1210. The number of aryl methyl sites for hydroxylation is 1. The Morgan fingerprint density at radius 2 is 1.82 bits per heavy atom. The number of allylic oxidation sites excluding steroid dienone is 1. The average molecular weight is 565 g/mol. The quantitative estimate of drug-likeness (QED) is 0.146. The van der Waals surface area contributed by atoms with E-state index in [0.29, 0.717) is 5.92 Å². The Hall–Kier alpha value is -3.23. The molecule has 1 aliphatic rings. The summed E-state index contributed by atoms with van der Waals surface area (Å²) in [6.07, 6.45) is 11.5. The molecule has 3 rings (SSSR count). The lowest BCUT2D eigenvalue weighted by Crippen LogP contribution is -2.39. The summed E-state index contributed by atoms with van der Waals surface area (Å²) >= 11 is 6.28. The maximum Gasteiger partial charge on any atom is 0.303 e. The predicted molar refractivity (Wildman–Crippen MR) is 168 cm³/mol. The normalized spacial score (nSPS) is 17.1. The van der Waals surface area contributed by atoms with Crippen LogP contribution >= 0.6 is 11.6 Å². The van der Waals surface area contributed by atoms with Gasteiger partial charge >= 0.3 is 5.97 Å². The number of hydrogen-bond donors (Lipinski definition) is 0. The van der Waals surface area contributed by atoms with Gasteiger partial charge in [0.1, 0.15) is 17.2 Å². The molecule has 0 atom stereocenters. The number of rotatable bonds is 7. The van der Waals surface area contributed by atoms with E-state index in [9.17, 15) is 4.79 Å². The van der Waals surface area contributed by atoms with Crippen molar-refractivity contribution in [3.8, 4) is 18.1 Å². The van der Waals surface area contributed by atoms with Crippen LogP contribution in [0.4, 0.5) is 5.69 Å². The first-order chi connectivity index (χ1) is 18.9. The molecule has 1 fully saturated rings. The highest BCUT2D eigenvalue weighted by Gasteiger charge is 2.30. The van der Waals surface area contributed by atoms with Gasteiger partial charge in [-0.15, -0.1) is 6.42 Å². The van der Waals surface area contributed by atoms with Crippen molar-refractivity contribution in [3.63, 3.8) is 0 Å². The Morgan fingerprint density at radius 1 is 1.15 bits per heavy atom. The molecule has 0 amide bonds. The van der Waals surface area contributed by atoms with Gasteiger partial charge in [-0.3, -0.25) is 9.79 Å². The van der Waals surface area contributed by atoms with Crippen molar-refractivity contribution in [2.24, 2.45) is 10.9 Å². The molecule has 2 aromatic carbocycles. The van der Waals surface area contributed by atoms with Crippen LogP contribution in [-0.2, 0) is 16.0 Å². The molecule has 0 saturated heterocycles. The summed E-state index contributed by atoms with van der Waals surface area (Å²) in [4.78, 5) is 17.3. The second kappa shape index (κ2) is 15.5. The van der Waals surface area contributed by atoms with Crippen LogP contribution in [0.3, 0.4) is 0 Å². The van der Waals surface area contributed by atoms with Gasteiger partial charge in [-0.05, 0) is 101 Å². The number of amidine groups is 1. The molecule has 0 aromatic heterocycles. The molecule has 0 spiro atoms. The maximum atomic E-state index is 10.2. The van der Waals surface area contributed by atoms with E-state index in [0.717, 1.165) is 72.1 Å². The summed E-state index contributed by atoms with van der Waals surface area (Å²) in [6.45, 7) is 15.6. The van der Waals surface area contributed by atoms with E-state index in [4.69, 9.17) is 32.5 Å². The van der Waals surface area contributed by atoms with Gasteiger partial charge in [-0.25, -0.2) is 0 Å². The third-order valence-electron chi connectivity index (χ3n) is 6.64. The van der Waals surface area contributed by atoms with Crippen molar-refractivity contribution >= 4 is 29.1 Å². The number of anilines is 1. The second-order valence-corrected chi connectivity index (χ2v) is 11.4. The van der Waals surface area contributed by atoms with Crippen LogP contribution in [0.5, 0.6) is 5.75 Å². The molecule has 0 bridgehead atoms. The zero-order valence-corrected chi connectivity index (χ0v) is 26.0. The number of benzene rings is 2. The van der Waals surface area contributed by atoms with E-state index in [-0.39, 0.29) is 17.7 Å². The molecule has 1 aliphatic carbocycles. The van der Waals surface area contributed by atoms with Gasteiger partial charge < -0.3 is 14.4 Å². The standard InChI is InChI=1S/C28H33ClN2O.C6H12O2/c1-6-20(4)31(27-17-14-24(29)19-22(27)8-3)28(30-5)23-12-15-25(16-13-23)32-26-11-9-10-21(7-2)18-26;1-5(7)8-6(2,3)4/h2,9-11,14,17-19,23,25H,4,6,8,12-13,15-16H2,1,3,5H3;1-4H3. The molecule has 0 heterocycles. The molecule has 0 aliphatic heterocycles. The van der Waals surface area contributed by atoms with E-state index in [1.165, 1.54) is 12.5 Å². The van der Waals surface area contributed by atoms with Crippen molar-refractivity contribution < 1.29 is 14.3 Å². The van der Waals surface area contributed by atoms with E-state index in [2.05, 4.69) is 43.4 Å². The zero-order chi connectivity index (χ0) is 29.9. The third-order valence-corrected chi connectivity index (χ3v) is 6.87. The van der Waals surface area contributed by atoms with Crippen LogP contribution in [0.1, 0.15) is 84.8 Å². The zero-order valence-electron chi connectivity index (χ0n) is 25.2. The van der Waals surface area contributed by atoms with Crippen LogP contribution in [0.15, 0.2) is 59.7 Å². The van der Waals surface area contributed by atoms with Crippen molar-refractivity contribution in [1.82, 2.24) is 0 Å². The number of nitrogens with zero attached hydrogens (tertiary/aromatic N) is 2. The van der Waals surface area contributed by atoms with Crippen LogP contribution < -0.4 is 9.64 Å². The molecule has 2 aromatic rings. The van der Waals surface area contributed by atoms with Crippen molar-refractivity contribution in [3.05, 3.63) is 70.9 Å². The largest absolute Gasteiger partial charge is 0.490 e. The summed E-state index contributed by atoms with van der Waals surface area (Å²) in [7, 11) is 1.89. The fourth-order valence-corrected chi connectivity index (χ4v) is 5.05. The second-order valence-electron chi connectivity index (χ2n) is 10.9. The fraction of sp³-hybridized carbons (Fsp3) is 0.471. The lowest BCUT2D eigenvalue weighted by molar-refractivity contribution is -0.151. The van der Waals surface area contributed by atoms with Gasteiger partial charge in [-0.1, -0.05) is 44.0 Å². The molecule has 0 radical (unpaired) electrons. The predicted octanol–water partition coefficient (Wildman–Crippen LogP) is 8.63. The molecule has 40 heavy (non-hydrogen) atoms. The Kier molecular flexibility index (Phi) is 12.8. The van der Waals surface area contributed by atoms with Crippen LogP contribution in [0.2, 0.25) is 5.02 Å². The Labute approximate surface area is 246 Å². The van der Waals surface area contributed by atoms with Gasteiger partial charge in [-0.2, -0.15) is 0 Å². The van der Waals surface area contributed by atoms with Crippen molar-refractivity contribution in [2.45, 2.75) is 91.8 Å². The van der Waals surface area contributed by atoms with Crippen LogP contribution in [0, 0.1) is 18.3 Å². The minimum absolute atomic E-state index is 0.196. The average Bonchev–Trinajstić information content (AvgIpc) is 2.91. The monoisotopic (exact) mass is 564 g/mol. The Morgan fingerprint density at radius 3 is 2.33 bits per heavy atom. The number of hydrogen-bond acceptors (Lipinski definition) is 4. The number of carbonyl (C=O) groups is 1. The molecule has 5 nitrogen and oxygen atoms in total. The number of ether oxygens (including phenoxy) is 2. The highest BCUT2D eigenvalue weighted by atomic mass is 35.5. The highest BCUT2D eigenvalue weighted by Crippen LogP contribution is 2.35. The molecule has 0 unspecified atom stereocenters.